The molecule has 1 aliphatic heterocycles. The molecule has 1 N–H and O–H groups in total. The Balaban J connectivity index is 2.31. The number of hydrogen-bond donors (Lipinski definition) is 1. The zero-order chi connectivity index (χ0) is 9.97. The second kappa shape index (κ2) is 4.20. The van der Waals surface area contributed by atoms with Crippen LogP contribution in [0, 0.1) is 0 Å². The van der Waals surface area contributed by atoms with E-state index >= 15 is 0 Å². The summed E-state index contributed by atoms with van der Waals surface area (Å²) in [6.07, 6.45) is 1.18. The van der Waals surface area contributed by atoms with Crippen molar-refractivity contribution in [3.63, 3.8) is 0 Å². The van der Waals surface area contributed by atoms with E-state index in [0.29, 0.717) is 5.92 Å². The molecule has 0 bridgehead atoms. The van der Waals surface area contributed by atoms with Crippen molar-refractivity contribution in [1.82, 2.24) is 5.32 Å². The van der Waals surface area contributed by atoms with Crippen molar-refractivity contribution in [2.45, 2.75) is 12.3 Å². The van der Waals surface area contributed by atoms with Crippen LogP contribution in [0.3, 0.4) is 0 Å². The van der Waals surface area contributed by atoms with E-state index in [0.717, 1.165) is 23.9 Å². The first-order valence-corrected chi connectivity index (χ1v) is 5.23. The van der Waals surface area contributed by atoms with Gasteiger partial charge in [0.25, 0.3) is 0 Å². The lowest BCUT2D eigenvalue weighted by Gasteiger charge is -2.13. The van der Waals surface area contributed by atoms with E-state index in [-0.39, 0.29) is 0 Å². The average molecular weight is 212 g/mol. The van der Waals surface area contributed by atoms with Crippen LogP contribution in [-0.4, -0.2) is 20.2 Å². The van der Waals surface area contributed by atoms with Gasteiger partial charge in [0.2, 0.25) is 0 Å². The maximum absolute atomic E-state index is 5.91. The Hall–Kier alpha value is -0.730. The van der Waals surface area contributed by atoms with Gasteiger partial charge in [-0.05, 0) is 30.7 Å². The summed E-state index contributed by atoms with van der Waals surface area (Å²) in [5, 5.41) is 4.08. The van der Waals surface area contributed by atoms with Gasteiger partial charge in [-0.15, -0.1) is 0 Å². The highest BCUT2D eigenvalue weighted by atomic mass is 35.5. The monoisotopic (exact) mass is 211 g/mol. The lowest BCUT2D eigenvalue weighted by atomic mass is 9.97. The van der Waals surface area contributed by atoms with Crippen molar-refractivity contribution in [1.29, 1.82) is 0 Å². The molecule has 1 atom stereocenters. The summed E-state index contributed by atoms with van der Waals surface area (Å²) in [5.41, 5.74) is 1.27. The Kier molecular flexibility index (Phi) is 2.94. The number of benzene rings is 1. The number of halogens is 1. The van der Waals surface area contributed by atoms with Gasteiger partial charge in [-0.2, -0.15) is 0 Å². The summed E-state index contributed by atoms with van der Waals surface area (Å²) < 4.78 is 5.33. The van der Waals surface area contributed by atoms with Crippen molar-refractivity contribution in [3.05, 3.63) is 28.8 Å². The minimum atomic E-state index is 0.571. The van der Waals surface area contributed by atoms with Gasteiger partial charge in [0.05, 0.1) is 7.11 Å². The fourth-order valence-electron chi connectivity index (χ4n) is 1.94. The van der Waals surface area contributed by atoms with E-state index in [4.69, 9.17) is 16.3 Å². The SMILES string of the molecule is COc1cc(Cl)ccc1C1CCNC1. The first-order valence-electron chi connectivity index (χ1n) is 4.85. The molecule has 1 aromatic rings. The van der Waals surface area contributed by atoms with E-state index in [1.165, 1.54) is 12.0 Å². The zero-order valence-corrected chi connectivity index (χ0v) is 8.97. The molecule has 0 spiro atoms. The third-order valence-corrected chi connectivity index (χ3v) is 2.93. The van der Waals surface area contributed by atoms with Gasteiger partial charge < -0.3 is 10.1 Å². The molecule has 2 rings (SSSR count). The maximum Gasteiger partial charge on any atom is 0.123 e. The highest BCUT2D eigenvalue weighted by molar-refractivity contribution is 6.30. The van der Waals surface area contributed by atoms with Crippen molar-refractivity contribution < 1.29 is 4.74 Å². The minimum absolute atomic E-state index is 0.571. The van der Waals surface area contributed by atoms with Gasteiger partial charge in [0, 0.05) is 17.5 Å². The summed E-state index contributed by atoms with van der Waals surface area (Å²) >= 11 is 5.91. The molecule has 76 valence electrons. The number of hydrogen-bond acceptors (Lipinski definition) is 2. The van der Waals surface area contributed by atoms with Crippen LogP contribution in [-0.2, 0) is 0 Å². The second-order valence-corrected chi connectivity index (χ2v) is 4.01. The van der Waals surface area contributed by atoms with Gasteiger partial charge in [-0.25, -0.2) is 0 Å². The Morgan fingerprint density at radius 1 is 1.50 bits per heavy atom. The summed E-state index contributed by atoms with van der Waals surface area (Å²) in [6, 6.07) is 5.88. The molecule has 0 amide bonds. The fourth-order valence-corrected chi connectivity index (χ4v) is 2.10. The predicted molar refractivity (Wildman–Crippen MR) is 58.2 cm³/mol. The Morgan fingerprint density at radius 2 is 2.36 bits per heavy atom. The molecule has 1 aromatic carbocycles. The van der Waals surface area contributed by atoms with Crippen molar-refractivity contribution in [3.8, 4) is 5.75 Å². The molecule has 14 heavy (non-hydrogen) atoms. The first-order chi connectivity index (χ1) is 6.81. The lowest BCUT2D eigenvalue weighted by molar-refractivity contribution is 0.406. The van der Waals surface area contributed by atoms with Crippen LogP contribution in [0.15, 0.2) is 18.2 Å². The Labute approximate surface area is 89.2 Å². The molecule has 2 nitrogen and oxygen atoms in total. The molecule has 0 saturated carbocycles. The third kappa shape index (κ3) is 1.86. The van der Waals surface area contributed by atoms with Crippen LogP contribution in [0.5, 0.6) is 5.75 Å². The summed E-state index contributed by atoms with van der Waals surface area (Å²) in [6.45, 7) is 2.13. The van der Waals surface area contributed by atoms with Crippen LogP contribution >= 0.6 is 11.6 Å². The number of nitrogens with one attached hydrogen (secondary N) is 1. The van der Waals surface area contributed by atoms with Crippen molar-refractivity contribution >= 4 is 11.6 Å². The highest BCUT2D eigenvalue weighted by Crippen LogP contribution is 2.32. The lowest BCUT2D eigenvalue weighted by Crippen LogP contribution is -2.08. The largest absolute Gasteiger partial charge is 0.496 e. The maximum atomic E-state index is 5.91. The molecule has 1 heterocycles. The zero-order valence-electron chi connectivity index (χ0n) is 8.22. The summed E-state index contributed by atoms with van der Waals surface area (Å²) in [5.74, 6) is 1.48. The molecule has 1 fully saturated rings. The van der Waals surface area contributed by atoms with E-state index in [2.05, 4.69) is 11.4 Å². The van der Waals surface area contributed by atoms with E-state index in [1.54, 1.807) is 7.11 Å². The van der Waals surface area contributed by atoms with Gasteiger partial charge in [0.15, 0.2) is 0 Å². The normalized spacial score (nSPS) is 21.1. The van der Waals surface area contributed by atoms with Crippen LogP contribution in [0.2, 0.25) is 5.02 Å². The van der Waals surface area contributed by atoms with Gasteiger partial charge in [0.1, 0.15) is 5.75 Å². The molecule has 0 aromatic heterocycles. The topological polar surface area (TPSA) is 21.3 Å². The number of methoxy groups -OCH3 is 1. The fraction of sp³-hybridized carbons (Fsp3) is 0.455. The van der Waals surface area contributed by atoms with Crippen LogP contribution < -0.4 is 10.1 Å². The standard InChI is InChI=1S/C11H14ClNO/c1-14-11-6-9(12)2-3-10(11)8-4-5-13-7-8/h2-3,6,8,13H,4-5,7H2,1H3. The Morgan fingerprint density at radius 3 is 3.00 bits per heavy atom. The summed E-state index contributed by atoms with van der Waals surface area (Å²) in [7, 11) is 1.69. The van der Waals surface area contributed by atoms with Gasteiger partial charge in [-0.3, -0.25) is 0 Å². The van der Waals surface area contributed by atoms with E-state index in [1.807, 2.05) is 12.1 Å². The number of rotatable bonds is 2. The Bertz CT molecular complexity index is 321. The molecule has 0 radical (unpaired) electrons. The molecule has 1 saturated heterocycles. The van der Waals surface area contributed by atoms with Crippen molar-refractivity contribution in [2.75, 3.05) is 20.2 Å². The average Bonchev–Trinajstić information content (AvgIpc) is 2.70. The first kappa shape index (κ1) is 9.81. The highest BCUT2D eigenvalue weighted by Gasteiger charge is 2.19. The predicted octanol–water partition coefficient (Wildman–Crippen LogP) is 2.43. The van der Waals surface area contributed by atoms with Crippen molar-refractivity contribution in [2.24, 2.45) is 0 Å². The molecule has 3 heteroatoms. The van der Waals surface area contributed by atoms with Gasteiger partial charge in [-0.1, -0.05) is 17.7 Å². The van der Waals surface area contributed by atoms with Crippen LogP contribution in [0.1, 0.15) is 17.9 Å². The molecular weight excluding hydrogens is 198 g/mol. The van der Waals surface area contributed by atoms with E-state index in [9.17, 15) is 0 Å². The molecule has 0 aliphatic carbocycles. The second-order valence-electron chi connectivity index (χ2n) is 3.58. The van der Waals surface area contributed by atoms with Crippen LogP contribution in [0.25, 0.3) is 0 Å². The third-order valence-electron chi connectivity index (χ3n) is 2.70. The van der Waals surface area contributed by atoms with Gasteiger partial charge >= 0.3 is 0 Å². The molecular formula is C11H14ClNO. The minimum Gasteiger partial charge on any atom is -0.496 e. The number of ether oxygens (including phenoxy) is 1. The van der Waals surface area contributed by atoms with Crippen LogP contribution in [0.4, 0.5) is 0 Å². The summed E-state index contributed by atoms with van der Waals surface area (Å²) in [4.78, 5) is 0. The van der Waals surface area contributed by atoms with E-state index < -0.39 is 0 Å². The quantitative estimate of drug-likeness (QED) is 0.812. The molecule has 1 unspecified atom stereocenters. The molecule has 1 aliphatic rings. The smallest absolute Gasteiger partial charge is 0.123 e.